The molecule has 3 fully saturated rings. The number of nitrogens with zero attached hydrogens (tertiary/aromatic N) is 7. The Hall–Kier alpha value is -7.44. The molecule has 4 heterocycles. The number of ether oxygens (including phenoxy) is 1. The SMILES string of the molecule is CC(C)[C@H]1C(=O)NC[C@@H](NC(=O)c2nc3ccccc3cc2O)C(=O)N2CCCC[C@H]2C(=O)NCC(=O)N(C)CC(=O)N(C)[C@@H](C(C)C)C(=O)OC[C@@H](N)C(=O)N2CCCC[C@H]2C(=O)NCC(=O)N(C)CC(=O)N1C. The first-order valence-corrected chi connectivity index (χ1v) is 25.2. The van der Waals surface area contributed by atoms with Crippen molar-refractivity contribution in [3.05, 3.63) is 36.0 Å². The lowest BCUT2D eigenvalue weighted by atomic mass is 9.99. The van der Waals surface area contributed by atoms with Crippen molar-refractivity contribution in [2.45, 2.75) is 102 Å². The Morgan fingerprint density at radius 1 is 0.693 bits per heavy atom. The number of aromatic hydroxyl groups is 1. The van der Waals surface area contributed by atoms with E-state index in [0.29, 0.717) is 36.6 Å². The Morgan fingerprint density at radius 2 is 1.20 bits per heavy atom. The van der Waals surface area contributed by atoms with Crippen molar-refractivity contribution in [1.82, 2.24) is 55.7 Å². The van der Waals surface area contributed by atoms with E-state index in [1.54, 1.807) is 52.0 Å². The van der Waals surface area contributed by atoms with Gasteiger partial charge in [-0.3, -0.25) is 47.9 Å². The summed E-state index contributed by atoms with van der Waals surface area (Å²) in [4.78, 5) is 163. The first kappa shape index (κ1) is 58.4. The van der Waals surface area contributed by atoms with Gasteiger partial charge < -0.3 is 66.2 Å². The normalized spacial score (nSPS) is 25.0. The highest BCUT2D eigenvalue weighted by molar-refractivity contribution is 6.01. The Labute approximate surface area is 435 Å². The number of hydrogen-bond acceptors (Lipinski definition) is 15. The van der Waals surface area contributed by atoms with Crippen molar-refractivity contribution < 1.29 is 62.6 Å². The van der Waals surface area contributed by atoms with Gasteiger partial charge in [0.15, 0.2) is 5.69 Å². The van der Waals surface area contributed by atoms with E-state index in [-0.39, 0.29) is 25.9 Å². The van der Waals surface area contributed by atoms with Crippen LogP contribution in [0.2, 0.25) is 0 Å². The molecule has 6 atom stereocenters. The highest BCUT2D eigenvalue weighted by Gasteiger charge is 2.40. The monoisotopic (exact) mass is 1050 g/mol. The summed E-state index contributed by atoms with van der Waals surface area (Å²) in [5.41, 5.74) is 6.17. The number of benzene rings is 1. The lowest BCUT2D eigenvalue weighted by Crippen LogP contribution is -2.61. The third-order valence-electron chi connectivity index (χ3n) is 13.7. The number of fused-ring (bicyclic) bond motifs is 3. The largest absolute Gasteiger partial charge is 0.505 e. The number of aromatic nitrogens is 1. The van der Waals surface area contributed by atoms with Crippen LogP contribution in [0.3, 0.4) is 0 Å². The van der Waals surface area contributed by atoms with E-state index in [9.17, 15) is 57.8 Å². The van der Waals surface area contributed by atoms with E-state index < -0.39 is 164 Å². The van der Waals surface area contributed by atoms with Crippen molar-refractivity contribution in [2.75, 3.05) is 80.6 Å². The fourth-order valence-electron chi connectivity index (χ4n) is 9.43. The molecule has 5 rings (SSSR count). The summed E-state index contributed by atoms with van der Waals surface area (Å²) >= 11 is 0. The molecule has 0 spiro atoms. The van der Waals surface area contributed by atoms with Crippen LogP contribution in [0.1, 0.15) is 76.7 Å². The molecule has 0 radical (unpaired) electrons. The number of pyridine rings is 1. The summed E-state index contributed by atoms with van der Waals surface area (Å²) in [6, 6.07) is 0.505. The molecule has 3 aliphatic heterocycles. The van der Waals surface area contributed by atoms with Gasteiger partial charge in [-0.15, -0.1) is 0 Å². The van der Waals surface area contributed by atoms with Gasteiger partial charge in [-0.05, 0) is 62.5 Å². The highest BCUT2D eigenvalue weighted by atomic mass is 16.5. The van der Waals surface area contributed by atoms with E-state index in [1.165, 1.54) is 44.1 Å². The fourth-order valence-corrected chi connectivity index (χ4v) is 9.43. The first-order valence-electron chi connectivity index (χ1n) is 25.2. The van der Waals surface area contributed by atoms with Gasteiger partial charge in [0, 0.05) is 53.2 Å². The van der Waals surface area contributed by atoms with Gasteiger partial charge >= 0.3 is 5.97 Å². The van der Waals surface area contributed by atoms with Crippen LogP contribution in [0.4, 0.5) is 0 Å². The molecule has 3 saturated heterocycles. The van der Waals surface area contributed by atoms with Gasteiger partial charge in [0.2, 0.25) is 53.2 Å². The molecule has 410 valence electrons. The van der Waals surface area contributed by atoms with Crippen molar-refractivity contribution >= 4 is 75.9 Å². The van der Waals surface area contributed by atoms with Gasteiger partial charge in [0.25, 0.3) is 5.91 Å². The van der Waals surface area contributed by atoms with E-state index in [2.05, 4.69) is 26.3 Å². The zero-order valence-electron chi connectivity index (χ0n) is 44.0. The van der Waals surface area contributed by atoms with Crippen molar-refractivity contribution in [1.29, 1.82) is 0 Å². The smallest absolute Gasteiger partial charge is 0.329 e. The summed E-state index contributed by atoms with van der Waals surface area (Å²) < 4.78 is 5.48. The number of likely N-dealkylation sites (N-methyl/N-ethyl adjacent to an activating group) is 4. The molecule has 25 heteroatoms. The number of carbonyl (C=O) groups excluding carboxylic acids is 11. The molecule has 1 aromatic heterocycles. The maximum absolute atomic E-state index is 14.7. The number of carbonyl (C=O) groups is 11. The van der Waals surface area contributed by atoms with Gasteiger partial charge in [0.05, 0.1) is 31.7 Å². The van der Waals surface area contributed by atoms with Crippen LogP contribution < -0.4 is 27.0 Å². The number of para-hydroxylation sites is 1. The number of hydrogen-bond donors (Lipinski definition) is 6. The van der Waals surface area contributed by atoms with Gasteiger partial charge in [0.1, 0.15) is 48.6 Å². The topological polar surface area (TPSA) is 324 Å². The number of amides is 10. The molecule has 2 aromatic rings. The first-order chi connectivity index (χ1) is 35.4. The molecule has 0 unspecified atom stereocenters. The van der Waals surface area contributed by atoms with Crippen LogP contribution in [-0.4, -0.2) is 221 Å². The Kier molecular flexibility index (Phi) is 20.4. The number of rotatable bonds is 4. The summed E-state index contributed by atoms with van der Waals surface area (Å²) in [6.45, 7) is 3.50. The molecule has 10 amide bonds. The second-order valence-corrected chi connectivity index (χ2v) is 20.0. The number of esters is 1. The molecule has 3 aliphatic rings. The molecule has 25 nitrogen and oxygen atoms in total. The molecule has 0 aliphatic carbocycles. The minimum Gasteiger partial charge on any atom is -0.505 e. The summed E-state index contributed by atoms with van der Waals surface area (Å²) in [6.07, 6.45) is 2.48. The third-order valence-corrected chi connectivity index (χ3v) is 13.7. The summed E-state index contributed by atoms with van der Waals surface area (Å²) in [7, 11) is 5.36. The predicted octanol–water partition coefficient (Wildman–Crippen LogP) is -2.08. The minimum atomic E-state index is -1.58. The standard InChI is InChI=1S/C50H72N12O13/c1-28(2)42-47(71)52-22-33(56-46(70)41-36(63)21-30-15-9-10-16-32(30)55-41)49(73)62-20-14-12-18-35(62)45(69)54-24-38(65)58(6)26-40(67)60(8)43(29(3)4)50(74)75-27-31(51)48(72)61-19-13-11-17-34(61)44(68)53-23-37(64)57(5)25-39(66)59(42)7/h9-10,15-16,21,28-29,31,33-35,42-43,63H,11-14,17-20,22-27,51H2,1-8H3,(H,52,71)(H,53,68)(H,54,69)(H,56,70)/t31-,33-,34+,35+,42+,43+/m1/s1. The maximum atomic E-state index is 14.7. The average molecular weight is 1050 g/mol. The molecule has 1 aromatic carbocycles. The van der Waals surface area contributed by atoms with E-state index in [1.807, 2.05) is 0 Å². The van der Waals surface area contributed by atoms with Crippen molar-refractivity contribution in [3.8, 4) is 5.75 Å². The van der Waals surface area contributed by atoms with Crippen molar-refractivity contribution in [3.63, 3.8) is 0 Å². The third kappa shape index (κ3) is 14.7. The summed E-state index contributed by atoms with van der Waals surface area (Å²) in [5, 5.41) is 21.8. The lowest BCUT2D eigenvalue weighted by Gasteiger charge is -2.37. The van der Waals surface area contributed by atoms with Crippen LogP contribution in [-0.2, 0) is 52.7 Å². The zero-order chi connectivity index (χ0) is 55.4. The molecular formula is C50H72N12O13. The van der Waals surface area contributed by atoms with E-state index in [0.717, 1.165) is 19.6 Å². The predicted molar refractivity (Wildman–Crippen MR) is 269 cm³/mol. The minimum absolute atomic E-state index is 0.0356. The van der Waals surface area contributed by atoms with Gasteiger partial charge in [-0.25, -0.2) is 9.78 Å². The highest BCUT2D eigenvalue weighted by Crippen LogP contribution is 2.24. The number of nitrogens with one attached hydrogen (secondary N) is 4. The second kappa shape index (κ2) is 26.2. The van der Waals surface area contributed by atoms with Crippen LogP contribution in [0.25, 0.3) is 10.9 Å². The molecule has 75 heavy (non-hydrogen) atoms. The van der Waals surface area contributed by atoms with E-state index >= 15 is 0 Å². The maximum Gasteiger partial charge on any atom is 0.329 e. The Morgan fingerprint density at radius 3 is 1.73 bits per heavy atom. The lowest BCUT2D eigenvalue weighted by molar-refractivity contribution is -0.158. The molecule has 0 saturated carbocycles. The Balaban J connectivity index is 1.44. The van der Waals surface area contributed by atoms with Crippen molar-refractivity contribution in [2.24, 2.45) is 17.6 Å². The van der Waals surface area contributed by atoms with Crippen LogP contribution in [0.5, 0.6) is 5.75 Å². The average Bonchev–Trinajstić information content (AvgIpc) is 3.38. The molecular weight excluding hydrogens is 977 g/mol. The fraction of sp³-hybridized carbons (Fsp3) is 0.600. The zero-order valence-corrected chi connectivity index (χ0v) is 44.0. The Bertz CT molecular complexity index is 2510. The van der Waals surface area contributed by atoms with Crippen LogP contribution in [0.15, 0.2) is 30.3 Å². The number of cyclic esters (lactones) is 1. The van der Waals surface area contributed by atoms with Gasteiger partial charge in [-0.1, -0.05) is 45.9 Å². The quantitative estimate of drug-likeness (QED) is 0.179. The van der Waals surface area contributed by atoms with E-state index in [4.69, 9.17) is 10.5 Å². The van der Waals surface area contributed by atoms with Crippen LogP contribution >= 0.6 is 0 Å². The summed E-state index contributed by atoms with van der Waals surface area (Å²) in [5.74, 6) is -9.71. The van der Waals surface area contributed by atoms with Crippen LogP contribution in [0, 0.1) is 11.8 Å². The number of nitrogens with two attached hydrogens (primary N) is 1. The number of piperidine rings is 2. The second-order valence-electron chi connectivity index (χ2n) is 20.0. The molecule has 7 N–H and O–H groups in total. The van der Waals surface area contributed by atoms with Gasteiger partial charge in [-0.2, -0.15) is 0 Å². The molecule has 0 bridgehead atoms.